The number of sulfone groups is 1. The summed E-state index contributed by atoms with van der Waals surface area (Å²) in [4.78, 5) is 4.19. The molecule has 1 aliphatic rings. The summed E-state index contributed by atoms with van der Waals surface area (Å²) in [5.74, 6) is 0.955. The first kappa shape index (κ1) is 12.5. The molecule has 0 amide bonds. The minimum atomic E-state index is -3.09. The van der Waals surface area contributed by atoms with Crippen molar-refractivity contribution in [2.24, 2.45) is 5.73 Å². The largest absolute Gasteiger partial charge is 0.339 e. The lowest BCUT2D eigenvalue weighted by molar-refractivity contribution is 0.343. The van der Waals surface area contributed by atoms with Crippen molar-refractivity contribution in [2.75, 3.05) is 11.5 Å². The summed E-state index contributed by atoms with van der Waals surface area (Å²) < 4.78 is 28.3. The first-order chi connectivity index (χ1) is 7.95. The van der Waals surface area contributed by atoms with E-state index in [1.54, 1.807) is 0 Å². The second-order valence-corrected chi connectivity index (χ2v) is 6.80. The van der Waals surface area contributed by atoms with Crippen molar-refractivity contribution >= 4 is 9.84 Å². The molecule has 7 heteroatoms. The van der Waals surface area contributed by atoms with Crippen LogP contribution < -0.4 is 5.73 Å². The summed E-state index contributed by atoms with van der Waals surface area (Å²) in [6.07, 6.45) is 2.72. The molecule has 2 N–H and O–H groups in total. The van der Waals surface area contributed by atoms with E-state index >= 15 is 0 Å². The van der Waals surface area contributed by atoms with E-state index in [2.05, 4.69) is 10.1 Å². The highest BCUT2D eigenvalue weighted by atomic mass is 32.2. The lowest BCUT2D eigenvalue weighted by Crippen LogP contribution is -2.48. The summed E-state index contributed by atoms with van der Waals surface area (Å²) in [7, 11) is -3.09. The van der Waals surface area contributed by atoms with Gasteiger partial charge in [0.25, 0.3) is 0 Å². The molecule has 1 aliphatic heterocycles. The SMILES string of the molecule is CCCc1nc(C2(N)CCCS(=O)(=O)C2)no1. The molecular formula is C10H17N3O3S. The second-order valence-electron chi connectivity index (χ2n) is 4.61. The lowest BCUT2D eigenvalue weighted by Gasteiger charge is -2.29. The second kappa shape index (κ2) is 4.38. The number of hydrogen-bond acceptors (Lipinski definition) is 6. The quantitative estimate of drug-likeness (QED) is 0.842. The Morgan fingerprint density at radius 2 is 2.29 bits per heavy atom. The predicted octanol–water partition coefficient (Wildman–Crippen LogP) is 0.385. The van der Waals surface area contributed by atoms with Gasteiger partial charge in [-0.3, -0.25) is 0 Å². The fourth-order valence-electron chi connectivity index (χ4n) is 2.09. The first-order valence-electron chi connectivity index (χ1n) is 5.77. The van der Waals surface area contributed by atoms with E-state index in [0.717, 1.165) is 6.42 Å². The van der Waals surface area contributed by atoms with Crippen LogP contribution in [0.5, 0.6) is 0 Å². The molecular weight excluding hydrogens is 242 g/mol. The van der Waals surface area contributed by atoms with Gasteiger partial charge < -0.3 is 10.3 Å². The van der Waals surface area contributed by atoms with Crippen LogP contribution in [0, 0.1) is 0 Å². The fraction of sp³-hybridized carbons (Fsp3) is 0.800. The molecule has 0 spiro atoms. The minimum absolute atomic E-state index is 0.0922. The third kappa shape index (κ3) is 2.66. The average molecular weight is 259 g/mol. The summed E-state index contributed by atoms with van der Waals surface area (Å²) in [5, 5.41) is 3.82. The van der Waals surface area contributed by atoms with Crippen molar-refractivity contribution in [3.05, 3.63) is 11.7 Å². The van der Waals surface area contributed by atoms with Crippen LogP contribution in [0.4, 0.5) is 0 Å². The number of hydrogen-bond donors (Lipinski definition) is 1. The van der Waals surface area contributed by atoms with Gasteiger partial charge in [0.2, 0.25) is 5.89 Å². The predicted molar refractivity (Wildman–Crippen MR) is 62.0 cm³/mol. The molecule has 2 heterocycles. The number of rotatable bonds is 3. The molecule has 1 atom stereocenters. The third-order valence-corrected chi connectivity index (χ3v) is 4.80. The fourth-order valence-corrected chi connectivity index (χ4v) is 3.88. The molecule has 2 rings (SSSR count). The molecule has 1 unspecified atom stereocenters. The zero-order valence-corrected chi connectivity index (χ0v) is 10.7. The topological polar surface area (TPSA) is 99.1 Å². The Balaban J connectivity index is 2.24. The van der Waals surface area contributed by atoms with Gasteiger partial charge in [-0.25, -0.2) is 8.42 Å². The van der Waals surface area contributed by atoms with Gasteiger partial charge in [-0.1, -0.05) is 12.1 Å². The normalized spacial score (nSPS) is 28.1. The molecule has 1 saturated heterocycles. The van der Waals surface area contributed by atoms with Crippen LogP contribution in [-0.2, 0) is 21.8 Å². The highest BCUT2D eigenvalue weighted by Crippen LogP contribution is 2.28. The number of nitrogens with zero attached hydrogens (tertiary/aromatic N) is 2. The molecule has 0 aliphatic carbocycles. The van der Waals surface area contributed by atoms with E-state index in [4.69, 9.17) is 10.3 Å². The maximum absolute atomic E-state index is 11.6. The molecule has 96 valence electrons. The molecule has 0 bridgehead atoms. The van der Waals surface area contributed by atoms with Gasteiger partial charge in [0.15, 0.2) is 15.7 Å². The van der Waals surface area contributed by atoms with Crippen molar-refractivity contribution < 1.29 is 12.9 Å². The molecule has 6 nitrogen and oxygen atoms in total. The van der Waals surface area contributed by atoms with Crippen LogP contribution in [0.25, 0.3) is 0 Å². The summed E-state index contributed by atoms with van der Waals surface area (Å²) in [6.45, 7) is 2.01. The van der Waals surface area contributed by atoms with Gasteiger partial charge in [-0.15, -0.1) is 0 Å². The van der Waals surface area contributed by atoms with Gasteiger partial charge >= 0.3 is 0 Å². The van der Waals surface area contributed by atoms with E-state index in [9.17, 15) is 8.42 Å². The Labute approximate surface area is 100 Å². The standard InChI is InChI=1S/C10H17N3O3S/c1-2-4-8-12-9(13-16-8)10(11)5-3-6-17(14,15)7-10/h2-7,11H2,1H3. The van der Waals surface area contributed by atoms with E-state index in [0.29, 0.717) is 31.0 Å². The molecule has 17 heavy (non-hydrogen) atoms. The van der Waals surface area contributed by atoms with Crippen LogP contribution in [0.3, 0.4) is 0 Å². The Bertz CT molecular complexity index is 497. The zero-order chi connectivity index (χ0) is 12.5. The average Bonchev–Trinajstić information content (AvgIpc) is 2.65. The Kier molecular flexibility index (Phi) is 3.22. The molecule has 1 aromatic heterocycles. The highest BCUT2D eigenvalue weighted by Gasteiger charge is 2.40. The van der Waals surface area contributed by atoms with Gasteiger partial charge in [0, 0.05) is 6.42 Å². The number of aromatic nitrogens is 2. The van der Waals surface area contributed by atoms with Crippen molar-refractivity contribution in [1.82, 2.24) is 10.1 Å². The highest BCUT2D eigenvalue weighted by molar-refractivity contribution is 7.91. The summed E-state index contributed by atoms with van der Waals surface area (Å²) in [5.41, 5.74) is 5.12. The Morgan fingerprint density at radius 3 is 2.94 bits per heavy atom. The maximum atomic E-state index is 11.6. The van der Waals surface area contributed by atoms with Gasteiger partial charge in [-0.05, 0) is 19.3 Å². The van der Waals surface area contributed by atoms with E-state index < -0.39 is 15.4 Å². The van der Waals surface area contributed by atoms with Gasteiger partial charge in [-0.2, -0.15) is 4.98 Å². The molecule has 0 saturated carbocycles. The lowest BCUT2D eigenvalue weighted by atomic mass is 9.96. The van der Waals surface area contributed by atoms with E-state index in [1.807, 2.05) is 6.92 Å². The first-order valence-corrected chi connectivity index (χ1v) is 7.60. The van der Waals surface area contributed by atoms with Crippen LogP contribution >= 0.6 is 0 Å². The van der Waals surface area contributed by atoms with Crippen LogP contribution in [-0.4, -0.2) is 30.1 Å². The summed E-state index contributed by atoms with van der Waals surface area (Å²) in [6, 6.07) is 0. The Morgan fingerprint density at radius 1 is 1.53 bits per heavy atom. The third-order valence-electron chi connectivity index (χ3n) is 2.93. The van der Waals surface area contributed by atoms with E-state index in [-0.39, 0.29) is 11.5 Å². The van der Waals surface area contributed by atoms with Crippen LogP contribution in [0.2, 0.25) is 0 Å². The molecule has 1 aromatic rings. The summed E-state index contributed by atoms with van der Waals surface area (Å²) >= 11 is 0. The molecule has 0 radical (unpaired) electrons. The minimum Gasteiger partial charge on any atom is -0.339 e. The molecule has 0 aromatic carbocycles. The van der Waals surface area contributed by atoms with Crippen molar-refractivity contribution in [3.8, 4) is 0 Å². The van der Waals surface area contributed by atoms with Crippen molar-refractivity contribution in [1.29, 1.82) is 0 Å². The Hall–Kier alpha value is -0.950. The van der Waals surface area contributed by atoms with Crippen molar-refractivity contribution in [2.45, 2.75) is 38.1 Å². The van der Waals surface area contributed by atoms with Crippen molar-refractivity contribution in [3.63, 3.8) is 0 Å². The van der Waals surface area contributed by atoms with E-state index in [1.165, 1.54) is 0 Å². The smallest absolute Gasteiger partial charge is 0.226 e. The monoisotopic (exact) mass is 259 g/mol. The van der Waals surface area contributed by atoms with Crippen LogP contribution in [0.15, 0.2) is 4.52 Å². The molecule has 1 fully saturated rings. The number of nitrogens with two attached hydrogens (primary N) is 1. The van der Waals surface area contributed by atoms with Gasteiger partial charge in [0.1, 0.15) is 0 Å². The number of aryl methyl sites for hydroxylation is 1. The zero-order valence-electron chi connectivity index (χ0n) is 9.85. The van der Waals surface area contributed by atoms with Gasteiger partial charge in [0.05, 0.1) is 17.0 Å². The maximum Gasteiger partial charge on any atom is 0.226 e. The van der Waals surface area contributed by atoms with Crippen LogP contribution in [0.1, 0.15) is 37.9 Å².